The predicted molar refractivity (Wildman–Crippen MR) is 66.7 cm³/mol. The second kappa shape index (κ2) is 4.56. The highest BCUT2D eigenvalue weighted by atomic mass is 16.3. The van der Waals surface area contributed by atoms with E-state index in [-0.39, 0.29) is 17.3 Å². The molecule has 100 valence electrons. The SMILES string of the molecule is CC(O)C1CCN(c2nn(C)c(=O)n(C)c2=O)C1. The third kappa shape index (κ3) is 2.05. The van der Waals surface area contributed by atoms with Gasteiger partial charge in [-0.15, -0.1) is 5.10 Å². The van der Waals surface area contributed by atoms with Crippen LogP contribution in [0.5, 0.6) is 0 Å². The average molecular weight is 254 g/mol. The number of hydrogen-bond donors (Lipinski definition) is 1. The molecule has 1 N–H and O–H groups in total. The van der Waals surface area contributed by atoms with Gasteiger partial charge in [0.1, 0.15) is 0 Å². The summed E-state index contributed by atoms with van der Waals surface area (Å²) in [7, 11) is 2.96. The zero-order valence-electron chi connectivity index (χ0n) is 10.8. The van der Waals surface area contributed by atoms with Gasteiger partial charge in [0.15, 0.2) is 0 Å². The van der Waals surface area contributed by atoms with E-state index in [1.54, 1.807) is 6.92 Å². The van der Waals surface area contributed by atoms with Crippen LogP contribution in [0.1, 0.15) is 13.3 Å². The van der Waals surface area contributed by atoms with Gasteiger partial charge in [-0.25, -0.2) is 9.48 Å². The summed E-state index contributed by atoms with van der Waals surface area (Å²) in [4.78, 5) is 25.4. The summed E-state index contributed by atoms with van der Waals surface area (Å²) in [6.45, 7) is 3.02. The maximum Gasteiger partial charge on any atom is 0.346 e. The Kier molecular flexibility index (Phi) is 3.25. The van der Waals surface area contributed by atoms with Crippen molar-refractivity contribution in [2.24, 2.45) is 20.0 Å². The predicted octanol–water partition coefficient (Wildman–Crippen LogP) is -1.31. The molecule has 1 fully saturated rings. The highest BCUT2D eigenvalue weighted by Crippen LogP contribution is 2.21. The molecule has 0 bridgehead atoms. The van der Waals surface area contributed by atoms with Crippen molar-refractivity contribution in [1.29, 1.82) is 0 Å². The summed E-state index contributed by atoms with van der Waals surface area (Å²) in [6.07, 6.45) is 0.428. The number of anilines is 1. The van der Waals surface area contributed by atoms with Gasteiger partial charge < -0.3 is 10.0 Å². The topological polar surface area (TPSA) is 80.4 Å². The third-order valence-electron chi connectivity index (χ3n) is 3.51. The van der Waals surface area contributed by atoms with Crippen molar-refractivity contribution < 1.29 is 5.11 Å². The average Bonchev–Trinajstić information content (AvgIpc) is 2.80. The molecule has 1 aromatic rings. The number of hydrogen-bond acceptors (Lipinski definition) is 5. The molecule has 1 aromatic heterocycles. The Morgan fingerprint density at radius 1 is 1.39 bits per heavy atom. The van der Waals surface area contributed by atoms with Crippen molar-refractivity contribution in [1.82, 2.24) is 14.3 Å². The van der Waals surface area contributed by atoms with Crippen LogP contribution < -0.4 is 16.1 Å². The normalized spacial score (nSPS) is 21.3. The maximum atomic E-state index is 12.0. The first-order valence-electron chi connectivity index (χ1n) is 5.99. The van der Waals surface area contributed by atoms with Crippen LogP contribution in [0, 0.1) is 5.92 Å². The fourth-order valence-corrected chi connectivity index (χ4v) is 2.25. The standard InChI is InChI=1S/C11H18N4O3/c1-7(16)8-4-5-15(6-8)9-10(17)13(2)11(18)14(3)12-9/h7-8,16H,4-6H2,1-3H3. The third-order valence-corrected chi connectivity index (χ3v) is 3.51. The lowest BCUT2D eigenvalue weighted by Crippen LogP contribution is -2.42. The van der Waals surface area contributed by atoms with Crippen LogP contribution in [0.3, 0.4) is 0 Å². The zero-order chi connectivity index (χ0) is 13.4. The second-order valence-corrected chi connectivity index (χ2v) is 4.83. The van der Waals surface area contributed by atoms with E-state index in [0.29, 0.717) is 13.1 Å². The lowest BCUT2D eigenvalue weighted by atomic mass is 10.0. The molecule has 2 rings (SSSR count). The first-order chi connectivity index (χ1) is 8.41. The van der Waals surface area contributed by atoms with Crippen LogP contribution in [0.15, 0.2) is 9.59 Å². The number of aromatic nitrogens is 3. The smallest absolute Gasteiger partial charge is 0.346 e. The summed E-state index contributed by atoms with van der Waals surface area (Å²) in [5.41, 5.74) is -0.820. The summed E-state index contributed by atoms with van der Waals surface area (Å²) in [5.74, 6) is 0.427. The Bertz CT molecular complexity index is 560. The largest absolute Gasteiger partial charge is 0.393 e. The molecule has 2 atom stereocenters. The van der Waals surface area contributed by atoms with E-state index in [0.717, 1.165) is 15.7 Å². The molecular weight excluding hydrogens is 236 g/mol. The number of aliphatic hydroxyl groups excluding tert-OH is 1. The number of rotatable bonds is 2. The van der Waals surface area contributed by atoms with Gasteiger partial charge in [-0.05, 0) is 13.3 Å². The van der Waals surface area contributed by atoms with E-state index < -0.39 is 11.8 Å². The van der Waals surface area contributed by atoms with Crippen LogP contribution in [-0.2, 0) is 14.1 Å². The van der Waals surface area contributed by atoms with Gasteiger partial charge in [0.2, 0.25) is 5.82 Å². The van der Waals surface area contributed by atoms with Gasteiger partial charge >= 0.3 is 5.69 Å². The monoisotopic (exact) mass is 254 g/mol. The number of aliphatic hydroxyl groups is 1. The molecule has 1 saturated heterocycles. The zero-order valence-corrected chi connectivity index (χ0v) is 10.8. The summed E-state index contributed by atoms with van der Waals surface area (Å²) < 4.78 is 2.21. The molecule has 2 heterocycles. The minimum absolute atomic E-state index is 0.147. The van der Waals surface area contributed by atoms with Crippen molar-refractivity contribution in [2.75, 3.05) is 18.0 Å². The molecule has 7 heteroatoms. The van der Waals surface area contributed by atoms with Crippen LogP contribution in [0.4, 0.5) is 5.82 Å². The number of nitrogens with zero attached hydrogens (tertiary/aromatic N) is 4. The maximum absolute atomic E-state index is 12.0. The molecule has 2 unspecified atom stereocenters. The molecule has 0 radical (unpaired) electrons. The van der Waals surface area contributed by atoms with Crippen LogP contribution in [0.25, 0.3) is 0 Å². The Hall–Kier alpha value is -1.63. The summed E-state index contributed by atoms with van der Waals surface area (Å²) in [6, 6.07) is 0. The van der Waals surface area contributed by atoms with Gasteiger partial charge in [0.05, 0.1) is 6.10 Å². The van der Waals surface area contributed by atoms with E-state index >= 15 is 0 Å². The van der Waals surface area contributed by atoms with Gasteiger partial charge in [0, 0.05) is 33.1 Å². The lowest BCUT2D eigenvalue weighted by Gasteiger charge is -2.18. The van der Waals surface area contributed by atoms with Crippen molar-refractivity contribution in [3.63, 3.8) is 0 Å². The molecular formula is C11H18N4O3. The molecule has 0 amide bonds. The van der Waals surface area contributed by atoms with E-state index in [9.17, 15) is 14.7 Å². The molecule has 0 aliphatic carbocycles. The minimum atomic E-state index is -0.435. The van der Waals surface area contributed by atoms with Crippen molar-refractivity contribution in [2.45, 2.75) is 19.4 Å². The quantitative estimate of drug-likeness (QED) is 0.708. The summed E-state index contributed by atoms with van der Waals surface area (Å²) >= 11 is 0. The van der Waals surface area contributed by atoms with Gasteiger partial charge in [-0.1, -0.05) is 0 Å². The van der Waals surface area contributed by atoms with E-state index in [4.69, 9.17) is 0 Å². The van der Waals surface area contributed by atoms with E-state index in [2.05, 4.69) is 5.10 Å². The van der Waals surface area contributed by atoms with Gasteiger partial charge in [-0.2, -0.15) is 0 Å². The van der Waals surface area contributed by atoms with Crippen molar-refractivity contribution in [3.8, 4) is 0 Å². The summed E-state index contributed by atoms with van der Waals surface area (Å²) in [5, 5.41) is 13.6. The highest BCUT2D eigenvalue weighted by molar-refractivity contribution is 5.36. The Morgan fingerprint density at radius 2 is 2.06 bits per heavy atom. The van der Waals surface area contributed by atoms with Crippen LogP contribution in [0.2, 0.25) is 0 Å². The van der Waals surface area contributed by atoms with Crippen LogP contribution >= 0.6 is 0 Å². The highest BCUT2D eigenvalue weighted by Gasteiger charge is 2.29. The van der Waals surface area contributed by atoms with Gasteiger partial charge in [-0.3, -0.25) is 9.36 Å². The molecule has 7 nitrogen and oxygen atoms in total. The fraction of sp³-hybridized carbons (Fsp3) is 0.727. The molecule has 1 aliphatic rings. The number of aryl methyl sites for hydroxylation is 1. The van der Waals surface area contributed by atoms with Gasteiger partial charge in [0.25, 0.3) is 5.56 Å². The molecule has 0 spiro atoms. The Morgan fingerprint density at radius 3 is 2.61 bits per heavy atom. The van der Waals surface area contributed by atoms with Crippen molar-refractivity contribution in [3.05, 3.63) is 20.8 Å². The molecule has 0 saturated carbocycles. The molecule has 18 heavy (non-hydrogen) atoms. The Labute approximate surface area is 104 Å². The van der Waals surface area contributed by atoms with E-state index in [1.807, 2.05) is 4.90 Å². The fourth-order valence-electron chi connectivity index (χ4n) is 2.25. The first kappa shape index (κ1) is 12.8. The second-order valence-electron chi connectivity index (χ2n) is 4.83. The lowest BCUT2D eigenvalue weighted by molar-refractivity contribution is 0.136. The minimum Gasteiger partial charge on any atom is -0.393 e. The first-order valence-corrected chi connectivity index (χ1v) is 5.99. The van der Waals surface area contributed by atoms with Crippen LogP contribution in [-0.4, -0.2) is 38.6 Å². The molecule has 0 aromatic carbocycles. The Balaban J connectivity index is 2.37. The van der Waals surface area contributed by atoms with Crippen molar-refractivity contribution >= 4 is 5.82 Å². The molecule has 1 aliphatic heterocycles. The van der Waals surface area contributed by atoms with E-state index in [1.165, 1.54) is 14.1 Å².